The topological polar surface area (TPSA) is 274 Å². The van der Waals surface area contributed by atoms with Gasteiger partial charge in [0.2, 0.25) is 35.4 Å². The molecule has 2 aromatic heterocycles. The van der Waals surface area contributed by atoms with Crippen LogP contribution in [0.2, 0.25) is 0 Å². The number of hydrogen-bond acceptors (Lipinski definition) is 14. The summed E-state index contributed by atoms with van der Waals surface area (Å²) in [4.78, 5) is 121. The molecule has 74 heavy (non-hydrogen) atoms. The number of aliphatic hydroxyl groups is 1. The number of aliphatic hydroxyl groups excluding tert-OH is 1. The van der Waals surface area contributed by atoms with Gasteiger partial charge in [-0.15, -0.1) is 0 Å². The Morgan fingerprint density at radius 1 is 0.892 bits per heavy atom. The van der Waals surface area contributed by atoms with E-state index < -0.39 is 95.7 Å². The Kier molecular flexibility index (Phi) is 16.0. The average molecular weight is 1030 g/mol. The fourth-order valence-electron chi connectivity index (χ4n) is 9.53. The average Bonchev–Trinajstić information content (AvgIpc) is 3.90. The molecule has 0 saturated carbocycles. The number of halogens is 1. The molecular weight excluding hydrogens is 980 g/mol. The Labute approximate surface area is 428 Å². The third kappa shape index (κ3) is 10.8. The first-order chi connectivity index (χ1) is 35.6. The van der Waals surface area contributed by atoms with Crippen molar-refractivity contribution in [2.45, 2.75) is 82.9 Å². The lowest BCUT2D eigenvalue weighted by Crippen LogP contribution is -2.52. The van der Waals surface area contributed by atoms with Crippen molar-refractivity contribution in [3.63, 3.8) is 0 Å². The van der Waals surface area contributed by atoms with Crippen LogP contribution in [0.5, 0.6) is 0 Å². The predicted octanol–water partition coefficient (Wildman–Crippen LogP) is 2.06. The number of pyridine rings is 2. The molecule has 22 heteroatoms. The molecule has 4 aliphatic rings. The first kappa shape index (κ1) is 52.5. The van der Waals surface area contributed by atoms with Gasteiger partial charge in [0.15, 0.2) is 6.10 Å². The largest absolute Gasteiger partial charge is 0.458 e. The molecule has 1 fully saturated rings. The van der Waals surface area contributed by atoms with E-state index in [4.69, 9.17) is 14.5 Å². The van der Waals surface area contributed by atoms with Gasteiger partial charge in [0.05, 0.1) is 66.2 Å². The number of rotatable bonds is 16. The molecule has 4 unspecified atom stereocenters. The van der Waals surface area contributed by atoms with Crippen molar-refractivity contribution in [3.8, 4) is 11.4 Å². The number of ether oxygens (including phenoxy) is 2. The van der Waals surface area contributed by atoms with Crippen molar-refractivity contribution in [2.24, 2.45) is 0 Å². The van der Waals surface area contributed by atoms with E-state index in [1.54, 1.807) is 43.3 Å². The zero-order chi connectivity index (χ0) is 53.0. The Bertz CT molecular complexity index is 3190. The van der Waals surface area contributed by atoms with Crippen LogP contribution in [0.4, 0.5) is 10.1 Å². The summed E-state index contributed by atoms with van der Waals surface area (Å²) in [5, 5.41) is 23.1. The first-order valence-electron chi connectivity index (χ1n) is 24.0. The predicted molar refractivity (Wildman–Crippen MR) is 268 cm³/mol. The molecule has 6 N–H and O–H groups in total. The van der Waals surface area contributed by atoms with E-state index >= 15 is 4.39 Å². The normalized spacial score (nSPS) is 17.5. The monoisotopic (exact) mass is 1030 g/mol. The number of thiol groups is 1. The second kappa shape index (κ2) is 22.5. The SMILES string of the molecule is CC.Cc1c(F)cc2nc3c(c4c2c1CCC4COCNC(=O)CNC(=O)C(Cc1ccccc1)NC(=O)CNC(=O)CNC(=O)c1cccc(N2C(=O)CC(S)C2=O)c1)Cn1c-3cc2c(c1=O)COC(=O)C2O. The Morgan fingerprint density at radius 2 is 1.62 bits per heavy atom. The number of cyclic esters (lactones) is 1. The van der Waals surface area contributed by atoms with Crippen molar-refractivity contribution in [3.05, 3.63) is 127 Å². The number of aromatic nitrogens is 2. The fraction of sp³-hybridized carbons (Fsp3) is 0.346. The third-order valence-electron chi connectivity index (χ3n) is 13.2. The summed E-state index contributed by atoms with van der Waals surface area (Å²) >= 11 is 4.12. The number of fused-ring (bicyclic) bond motifs is 5. The van der Waals surface area contributed by atoms with Gasteiger partial charge in [-0.3, -0.25) is 38.4 Å². The van der Waals surface area contributed by atoms with Crippen LogP contribution in [0, 0.1) is 12.7 Å². The summed E-state index contributed by atoms with van der Waals surface area (Å²) in [5.74, 6) is -5.97. The molecule has 386 valence electrons. The molecule has 5 aromatic rings. The maximum absolute atomic E-state index is 15.3. The molecule has 0 radical (unpaired) electrons. The lowest BCUT2D eigenvalue weighted by Gasteiger charge is -2.29. The van der Waals surface area contributed by atoms with Crippen molar-refractivity contribution >= 4 is 76.5 Å². The first-order valence-corrected chi connectivity index (χ1v) is 24.5. The molecule has 3 aliphatic heterocycles. The van der Waals surface area contributed by atoms with E-state index in [-0.39, 0.29) is 67.6 Å². The van der Waals surface area contributed by atoms with E-state index in [2.05, 4.69) is 39.2 Å². The van der Waals surface area contributed by atoms with Crippen LogP contribution in [-0.2, 0) is 69.0 Å². The van der Waals surface area contributed by atoms with E-state index in [0.717, 1.165) is 27.0 Å². The fourth-order valence-corrected chi connectivity index (χ4v) is 9.80. The molecule has 3 aromatic carbocycles. The minimum Gasteiger partial charge on any atom is -0.458 e. The van der Waals surface area contributed by atoms with Crippen LogP contribution >= 0.6 is 12.6 Å². The summed E-state index contributed by atoms with van der Waals surface area (Å²) in [7, 11) is 0. The Balaban J connectivity index is 0.00000360. The molecule has 20 nitrogen and oxygen atoms in total. The highest BCUT2D eigenvalue weighted by Crippen LogP contribution is 2.46. The van der Waals surface area contributed by atoms with E-state index in [1.807, 2.05) is 13.8 Å². The quantitative estimate of drug-likeness (QED) is 0.0241. The summed E-state index contributed by atoms with van der Waals surface area (Å²) < 4.78 is 27.8. The van der Waals surface area contributed by atoms with Gasteiger partial charge in [-0.05, 0) is 66.3 Å². The molecule has 4 atom stereocenters. The highest BCUT2D eigenvalue weighted by molar-refractivity contribution is 7.82. The van der Waals surface area contributed by atoms with Crippen molar-refractivity contribution in [1.82, 2.24) is 36.1 Å². The summed E-state index contributed by atoms with van der Waals surface area (Å²) in [5.41, 5.74) is 4.85. The van der Waals surface area contributed by atoms with Gasteiger partial charge < -0.3 is 45.7 Å². The van der Waals surface area contributed by atoms with Gasteiger partial charge in [-0.2, -0.15) is 12.6 Å². The minimum absolute atomic E-state index is 0.0379. The number of esters is 1. The van der Waals surface area contributed by atoms with Crippen LogP contribution in [0.15, 0.2) is 71.5 Å². The number of nitrogens with zero attached hydrogens (tertiary/aromatic N) is 3. The van der Waals surface area contributed by atoms with Gasteiger partial charge >= 0.3 is 5.97 Å². The second-order valence-corrected chi connectivity index (χ2v) is 18.4. The summed E-state index contributed by atoms with van der Waals surface area (Å²) in [6.07, 6.45) is -0.617. The van der Waals surface area contributed by atoms with Crippen LogP contribution < -0.4 is 37.0 Å². The standard InChI is InChI=1S/C50H47FN8O12S.C2H6/c1-24-29-11-10-27(42-31-20-58-36(44(31)57-34(43(29)42)15-33(24)51)14-30-32(48(58)67)22-71-50(69)45(30)64)21-70-23-55-39(61)18-54-47(66)35(12-25-6-3-2-4-7-25)56-40(62)19-52-38(60)17-53-46(65)26-8-5-9-28(13-26)59-41(63)16-37(72)49(59)68;1-2/h2-9,13-15,27,35,37,45,64,72H,10-12,16-23H2,1H3,(H,52,60)(H,53,65)(H,54,66)(H,55,61)(H,56,62);1-2H3. The molecule has 7 amide bonds. The Morgan fingerprint density at radius 3 is 2.36 bits per heavy atom. The van der Waals surface area contributed by atoms with Gasteiger partial charge in [0, 0.05) is 46.9 Å². The number of carbonyl (C=O) groups excluding carboxylic acids is 8. The highest BCUT2D eigenvalue weighted by atomic mass is 32.1. The van der Waals surface area contributed by atoms with E-state index in [0.29, 0.717) is 40.9 Å². The van der Waals surface area contributed by atoms with Gasteiger partial charge in [-0.1, -0.05) is 50.2 Å². The van der Waals surface area contributed by atoms with Crippen LogP contribution in [0.25, 0.3) is 22.3 Å². The smallest absolute Gasteiger partial charge is 0.340 e. The van der Waals surface area contributed by atoms with Crippen molar-refractivity contribution in [1.29, 1.82) is 0 Å². The number of imide groups is 1. The van der Waals surface area contributed by atoms with Gasteiger partial charge in [0.25, 0.3) is 11.5 Å². The maximum atomic E-state index is 15.3. The van der Waals surface area contributed by atoms with Crippen LogP contribution in [0.3, 0.4) is 0 Å². The Hall–Kier alpha value is -7.82. The molecule has 1 saturated heterocycles. The van der Waals surface area contributed by atoms with Crippen molar-refractivity contribution < 1.29 is 57.3 Å². The lowest BCUT2D eigenvalue weighted by molar-refractivity contribution is -0.157. The number of anilines is 1. The number of amides is 7. The van der Waals surface area contributed by atoms with Gasteiger partial charge in [-0.25, -0.2) is 19.1 Å². The third-order valence-corrected chi connectivity index (χ3v) is 13.6. The number of benzene rings is 3. The summed E-state index contributed by atoms with van der Waals surface area (Å²) in [6, 6.07) is 16.3. The lowest BCUT2D eigenvalue weighted by atomic mass is 9.78. The maximum Gasteiger partial charge on any atom is 0.340 e. The number of nitrogens with one attached hydrogen (secondary N) is 5. The highest BCUT2D eigenvalue weighted by Gasteiger charge is 2.39. The zero-order valence-electron chi connectivity index (χ0n) is 40.5. The van der Waals surface area contributed by atoms with Gasteiger partial charge in [0.1, 0.15) is 25.2 Å². The van der Waals surface area contributed by atoms with Crippen molar-refractivity contribution in [2.75, 3.05) is 37.9 Å². The molecule has 1 aliphatic carbocycles. The molecule has 0 spiro atoms. The van der Waals surface area contributed by atoms with E-state index in [1.165, 1.54) is 34.9 Å². The molecular formula is C52H53FN8O12S. The second-order valence-electron chi connectivity index (χ2n) is 17.7. The van der Waals surface area contributed by atoms with Crippen LogP contribution in [0.1, 0.15) is 88.0 Å². The number of hydrogen-bond donors (Lipinski definition) is 7. The number of carbonyl (C=O) groups is 8. The zero-order valence-corrected chi connectivity index (χ0v) is 41.4. The molecule has 5 heterocycles. The van der Waals surface area contributed by atoms with E-state index in [9.17, 15) is 48.3 Å². The number of aryl methyl sites for hydroxylation is 1. The minimum atomic E-state index is -1.64. The van der Waals surface area contributed by atoms with Crippen LogP contribution in [-0.4, -0.2) is 106 Å². The molecule has 0 bridgehead atoms. The summed E-state index contributed by atoms with van der Waals surface area (Å²) in [6.45, 7) is 3.86. The molecule has 9 rings (SSSR count).